The van der Waals surface area contributed by atoms with Gasteiger partial charge in [0.05, 0.1) is 5.56 Å². The number of carbonyl (C=O) groups is 1. The Balaban J connectivity index is 2.71. The summed E-state index contributed by atoms with van der Waals surface area (Å²) in [5.41, 5.74) is 6.04. The van der Waals surface area contributed by atoms with E-state index in [-0.39, 0.29) is 5.91 Å². The molecule has 1 aromatic rings. The van der Waals surface area contributed by atoms with Gasteiger partial charge in [-0.3, -0.25) is 4.79 Å². The van der Waals surface area contributed by atoms with Crippen LogP contribution in [0, 0.1) is 13.8 Å². The molecule has 0 aliphatic carbocycles. The molecule has 0 aliphatic rings. The largest absolute Gasteiger partial charge is 0.466 e. The molecule has 4 nitrogen and oxygen atoms in total. The van der Waals surface area contributed by atoms with Crippen LogP contribution in [0.2, 0.25) is 0 Å². The summed E-state index contributed by atoms with van der Waals surface area (Å²) in [5.74, 6) is 1.44. The summed E-state index contributed by atoms with van der Waals surface area (Å²) in [7, 11) is 1.78. The molecule has 1 rings (SSSR count). The summed E-state index contributed by atoms with van der Waals surface area (Å²) in [6.45, 7) is 4.92. The zero-order chi connectivity index (χ0) is 11.4. The molecule has 0 aliphatic heterocycles. The van der Waals surface area contributed by atoms with Gasteiger partial charge in [-0.15, -0.1) is 0 Å². The van der Waals surface area contributed by atoms with Crippen molar-refractivity contribution in [3.05, 3.63) is 23.2 Å². The topological polar surface area (TPSA) is 59.5 Å². The van der Waals surface area contributed by atoms with Crippen LogP contribution < -0.4 is 5.73 Å². The number of nitrogens with zero attached hydrogens (tertiary/aromatic N) is 1. The average Bonchev–Trinajstić information content (AvgIpc) is 2.53. The molecule has 0 fully saturated rings. The second-order valence-corrected chi connectivity index (χ2v) is 3.70. The van der Waals surface area contributed by atoms with Crippen molar-refractivity contribution in [3.63, 3.8) is 0 Å². The van der Waals surface area contributed by atoms with Crippen LogP contribution >= 0.6 is 0 Å². The molecular formula is C11H18N2O2. The lowest BCUT2D eigenvalue weighted by Gasteiger charge is -2.15. The minimum atomic E-state index is -0.00204. The molecule has 1 aromatic heterocycles. The Hall–Kier alpha value is -1.29. The van der Waals surface area contributed by atoms with Crippen LogP contribution in [0.1, 0.15) is 28.3 Å². The van der Waals surface area contributed by atoms with Gasteiger partial charge in [-0.1, -0.05) is 0 Å². The fourth-order valence-electron chi connectivity index (χ4n) is 1.48. The lowest BCUT2D eigenvalue weighted by Crippen LogP contribution is -2.29. The van der Waals surface area contributed by atoms with E-state index < -0.39 is 0 Å². The zero-order valence-electron chi connectivity index (χ0n) is 9.54. The number of nitrogens with two attached hydrogens (primary N) is 1. The standard InChI is InChI=1S/C11H18N2O2/c1-8-7-10(9(2)15-8)11(14)13(3)6-4-5-12/h7H,4-6,12H2,1-3H3. The molecule has 0 saturated heterocycles. The Morgan fingerprint density at radius 3 is 2.67 bits per heavy atom. The highest BCUT2D eigenvalue weighted by Gasteiger charge is 2.16. The van der Waals surface area contributed by atoms with Gasteiger partial charge in [0.15, 0.2) is 0 Å². The molecule has 2 N–H and O–H groups in total. The molecular weight excluding hydrogens is 192 g/mol. The molecule has 1 amide bonds. The lowest BCUT2D eigenvalue weighted by atomic mass is 10.2. The summed E-state index contributed by atoms with van der Waals surface area (Å²) in [5, 5.41) is 0. The third kappa shape index (κ3) is 2.83. The smallest absolute Gasteiger partial charge is 0.257 e. The minimum absolute atomic E-state index is 0.00204. The van der Waals surface area contributed by atoms with Crippen LogP contribution in [-0.2, 0) is 0 Å². The van der Waals surface area contributed by atoms with Crippen LogP contribution in [-0.4, -0.2) is 30.9 Å². The van der Waals surface area contributed by atoms with E-state index in [0.717, 1.165) is 12.2 Å². The molecule has 0 saturated carbocycles. The SMILES string of the molecule is Cc1cc(C(=O)N(C)CCCN)c(C)o1. The number of hydrogen-bond donors (Lipinski definition) is 1. The van der Waals surface area contributed by atoms with Gasteiger partial charge >= 0.3 is 0 Å². The highest BCUT2D eigenvalue weighted by atomic mass is 16.3. The monoisotopic (exact) mass is 210 g/mol. The number of amides is 1. The van der Waals surface area contributed by atoms with Crippen molar-refractivity contribution in [3.8, 4) is 0 Å². The highest BCUT2D eigenvalue weighted by Crippen LogP contribution is 2.15. The van der Waals surface area contributed by atoms with Crippen molar-refractivity contribution in [2.45, 2.75) is 20.3 Å². The van der Waals surface area contributed by atoms with Crippen LogP contribution in [0.15, 0.2) is 10.5 Å². The second kappa shape index (κ2) is 4.98. The van der Waals surface area contributed by atoms with E-state index in [1.54, 1.807) is 24.9 Å². The van der Waals surface area contributed by atoms with Gasteiger partial charge in [-0.25, -0.2) is 0 Å². The van der Waals surface area contributed by atoms with Gasteiger partial charge in [0.2, 0.25) is 0 Å². The van der Waals surface area contributed by atoms with Crippen molar-refractivity contribution in [1.82, 2.24) is 4.90 Å². The maximum atomic E-state index is 11.9. The molecule has 0 unspecified atom stereocenters. The quantitative estimate of drug-likeness (QED) is 0.815. The third-order valence-corrected chi connectivity index (χ3v) is 2.32. The van der Waals surface area contributed by atoms with Crippen LogP contribution in [0.25, 0.3) is 0 Å². The van der Waals surface area contributed by atoms with Crippen LogP contribution in [0.5, 0.6) is 0 Å². The van der Waals surface area contributed by atoms with Gasteiger partial charge in [0.25, 0.3) is 5.91 Å². The summed E-state index contributed by atoms with van der Waals surface area (Å²) < 4.78 is 5.32. The zero-order valence-corrected chi connectivity index (χ0v) is 9.54. The summed E-state index contributed by atoms with van der Waals surface area (Å²) in [6.07, 6.45) is 0.818. The van der Waals surface area contributed by atoms with E-state index in [0.29, 0.717) is 24.4 Å². The summed E-state index contributed by atoms with van der Waals surface area (Å²) in [6, 6.07) is 1.77. The maximum Gasteiger partial charge on any atom is 0.257 e. The fraction of sp³-hybridized carbons (Fsp3) is 0.545. The van der Waals surface area contributed by atoms with Gasteiger partial charge in [-0.05, 0) is 32.9 Å². The fourth-order valence-corrected chi connectivity index (χ4v) is 1.48. The first-order chi connectivity index (χ1) is 7.06. The normalized spacial score (nSPS) is 10.4. The molecule has 84 valence electrons. The molecule has 15 heavy (non-hydrogen) atoms. The van der Waals surface area contributed by atoms with E-state index in [1.807, 2.05) is 6.92 Å². The van der Waals surface area contributed by atoms with Crippen LogP contribution in [0.4, 0.5) is 0 Å². The number of rotatable bonds is 4. The Kier molecular flexibility index (Phi) is 3.91. The molecule has 0 atom stereocenters. The number of carbonyl (C=O) groups excluding carboxylic acids is 1. The molecule has 0 spiro atoms. The summed E-state index contributed by atoms with van der Waals surface area (Å²) in [4.78, 5) is 13.6. The van der Waals surface area contributed by atoms with Crippen molar-refractivity contribution < 1.29 is 9.21 Å². The predicted molar refractivity (Wildman–Crippen MR) is 58.8 cm³/mol. The van der Waals surface area contributed by atoms with Gasteiger partial charge in [0.1, 0.15) is 11.5 Å². The maximum absolute atomic E-state index is 11.9. The lowest BCUT2D eigenvalue weighted by molar-refractivity contribution is 0.0792. The number of aryl methyl sites for hydroxylation is 2. The number of hydrogen-bond acceptors (Lipinski definition) is 3. The van der Waals surface area contributed by atoms with Gasteiger partial charge in [-0.2, -0.15) is 0 Å². The van der Waals surface area contributed by atoms with E-state index >= 15 is 0 Å². The van der Waals surface area contributed by atoms with Crippen molar-refractivity contribution in [2.24, 2.45) is 5.73 Å². The first-order valence-corrected chi connectivity index (χ1v) is 5.09. The van der Waals surface area contributed by atoms with Crippen LogP contribution in [0.3, 0.4) is 0 Å². The predicted octanol–water partition coefficient (Wildman–Crippen LogP) is 1.32. The molecule has 4 heteroatoms. The number of furan rings is 1. The first-order valence-electron chi connectivity index (χ1n) is 5.09. The van der Waals surface area contributed by atoms with Crippen molar-refractivity contribution in [2.75, 3.05) is 20.1 Å². The van der Waals surface area contributed by atoms with E-state index in [1.165, 1.54) is 0 Å². The summed E-state index contributed by atoms with van der Waals surface area (Å²) >= 11 is 0. The van der Waals surface area contributed by atoms with Crippen molar-refractivity contribution in [1.29, 1.82) is 0 Å². The Morgan fingerprint density at radius 1 is 1.53 bits per heavy atom. The Bertz CT molecular complexity index is 344. The Labute approximate surface area is 90.0 Å². The van der Waals surface area contributed by atoms with E-state index in [2.05, 4.69) is 0 Å². The molecule has 1 heterocycles. The third-order valence-electron chi connectivity index (χ3n) is 2.32. The first kappa shape index (κ1) is 11.8. The average molecular weight is 210 g/mol. The van der Waals surface area contributed by atoms with Crippen molar-refractivity contribution >= 4 is 5.91 Å². The molecule has 0 bridgehead atoms. The Morgan fingerprint density at radius 2 is 2.20 bits per heavy atom. The van der Waals surface area contributed by atoms with Gasteiger partial charge < -0.3 is 15.1 Å². The minimum Gasteiger partial charge on any atom is -0.466 e. The van der Waals surface area contributed by atoms with E-state index in [9.17, 15) is 4.79 Å². The van der Waals surface area contributed by atoms with Gasteiger partial charge in [0, 0.05) is 13.6 Å². The highest BCUT2D eigenvalue weighted by molar-refractivity contribution is 5.95. The van der Waals surface area contributed by atoms with E-state index in [4.69, 9.17) is 10.2 Å². The second-order valence-electron chi connectivity index (χ2n) is 3.70. The molecule has 0 aromatic carbocycles. The molecule has 0 radical (unpaired) electrons.